The maximum Gasteiger partial charge on any atom is 0.0484 e. The summed E-state index contributed by atoms with van der Waals surface area (Å²) in [6, 6.07) is 0. The van der Waals surface area contributed by atoms with Crippen molar-refractivity contribution >= 4 is 23.7 Å². The molecule has 0 unspecified atom stereocenters. The van der Waals surface area contributed by atoms with Crippen molar-refractivity contribution in [2.24, 2.45) is 5.41 Å². The quantitative estimate of drug-likeness (QED) is 0.0648. The molecule has 0 aromatic heterocycles. The van der Waals surface area contributed by atoms with Crippen molar-refractivity contribution in [2.45, 2.75) is 213 Å². The average molecular weight is 625 g/mol. The van der Waals surface area contributed by atoms with Crippen LogP contribution in [0.15, 0.2) is 0 Å². The van der Waals surface area contributed by atoms with Crippen LogP contribution < -0.4 is 10.2 Å². The highest BCUT2D eigenvalue weighted by Gasteiger charge is 2.30. The van der Waals surface area contributed by atoms with E-state index in [9.17, 15) is 19.8 Å². The fourth-order valence-electron chi connectivity index (χ4n) is 6.27. The van der Waals surface area contributed by atoms with E-state index >= 15 is 0 Å². The number of hydrogen-bond donors (Lipinski definition) is 0. The van der Waals surface area contributed by atoms with Crippen LogP contribution in [-0.4, -0.2) is 23.4 Å². The molecular weight excluding hydrogens is 552 g/mol. The van der Waals surface area contributed by atoms with Gasteiger partial charge in [-0.15, -0.1) is 0 Å². The van der Waals surface area contributed by atoms with Gasteiger partial charge in [0.15, 0.2) is 0 Å². The Morgan fingerprint density at radius 2 is 0.744 bits per heavy atom. The summed E-state index contributed by atoms with van der Waals surface area (Å²) in [5.74, 6) is -1.13. The molecule has 256 valence electrons. The molecular formula is C38H72O4S-2. The van der Waals surface area contributed by atoms with E-state index in [-0.39, 0.29) is 6.42 Å². The summed E-state index contributed by atoms with van der Waals surface area (Å²) in [5, 5.41) is 23.3. The summed E-state index contributed by atoms with van der Waals surface area (Å²) in [6.07, 6.45) is 37.4. The summed E-state index contributed by atoms with van der Waals surface area (Å²) in [7, 11) is 0. The number of carbonyl (C=O) groups is 2. The molecule has 0 fully saturated rings. The highest BCUT2D eigenvalue weighted by atomic mass is 32.2. The largest absolute Gasteiger partial charge is 0.550 e. The molecule has 0 amide bonds. The highest BCUT2D eigenvalue weighted by Crippen LogP contribution is 2.35. The lowest BCUT2D eigenvalue weighted by molar-refractivity contribution is -0.319. The van der Waals surface area contributed by atoms with E-state index < -0.39 is 17.4 Å². The number of carboxylic acids is 2. The smallest absolute Gasteiger partial charge is 0.0484 e. The van der Waals surface area contributed by atoms with Gasteiger partial charge in [0.25, 0.3) is 0 Å². The van der Waals surface area contributed by atoms with Crippen molar-refractivity contribution in [3.05, 3.63) is 0 Å². The molecule has 0 aliphatic rings. The van der Waals surface area contributed by atoms with E-state index in [2.05, 4.69) is 13.8 Å². The lowest BCUT2D eigenvalue weighted by Crippen LogP contribution is -2.44. The van der Waals surface area contributed by atoms with Gasteiger partial charge < -0.3 is 19.8 Å². The number of carbonyl (C=O) groups excluding carboxylic acids is 2. The third-order valence-electron chi connectivity index (χ3n) is 9.28. The Kier molecular flexibility index (Phi) is 32.1. The molecule has 0 aliphatic heterocycles. The van der Waals surface area contributed by atoms with Gasteiger partial charge in [0.2, 0.25) is 0 Å². The van der Waals surface area contributed by atoms with Crippen LogP contribution in [-0.2, 0) is 9.59 Å². The van der Waals surface area contributed by atoms with Crippen LogP contribution >= 0.6 is 11.8 Å². The predicted octanol–water partition coefficient (Wildman–Crippen LogP) is 10.3. The van der Waals surface area contributed by atoms with Crippen LogP contribution in [0.25, 0.3) is 0 Å². The van der Waals surface area contributed by atoms with Gasteiger partial charge in [0.1, 0.15) is 0 Å². The van der Waals surface area contributed by atoms with E-state index in [1.54, 1.807) is 0 Å². The lowest BCUT2D eigenvalue weighted by atomic mass is 9.79. The number of unbranched alkanes of at least 4 members (excludes halogenated alkanes) is 26. The first kappa shape index (κ1) is 42.3. The van der Waals surface area contributed by atoms with Gasteiger partial charge >= 0.3 is 0 Å². The Bertz CT molecular complexity index is 577. The summed E-state index contributed by atoms with van der Waals surface area (Å²) < 4.78 is 0. The van der Waals surface area contributed by atoms with E-state index in [0.717, 1.165) is 25.7 Å². The molecule has 0 N–H and O–H groups in total. The van der Waals surface area contributed by atoms with Crippen molar-refractivity contribution < 1.29 is 19.8 Å². The molecule has 0 aromatic carbocycles. The van der Waals surface area contributed by atoms with Crippen LogP contribution in [0, 0.1) is 5.41 Å². The molecule has 0 aliphatic carbocycles. The Morgan fingerprint density at radius 1 is 0.465 bits per heavy atom. The third kappa shape index (κ3) is 28.5. The normalized spacial score (nSPS) is 11.8. The summed E-state index contributed by atoms with van der Waals surface area (Å²) in [5.41, 5.74) is -0.829. The molecule has 0 bridgehead atoms. The molecule has 0 aromatic rings. The van der Waals surface area contributed by atoms with Crippen LogP contribution in [0.1, 0.15) is 213 Å². The van der Waals surface area contributed by atoms with Crippen LogP contribution in [0.3, 0.4) is 0 Å². The molecule has 0 atom stereocenters. The molecule has 43 heavy (non-hydrogen) atoms. The predicted molar refractivity (Wildman–Crippen MR) is 184 cm³/mol. The number of carboxylic acid groups (broad SMARTS) is 2. The topological polar surface area (TPSA) is 80.3 Å². The van der Waals surface area contributed by atoms with Crippen molar-refractivity contribution in [1.29, 1.82) is 0 Å². The average Bonchev–Trinajstić information content (AvgIpc) is 2.99. The van der Waals surface area contributed by atoms with Crippen molar-refractivity contribution in [2.75, 3.05) is 11.5 Å². The van der Waals surface area contributed by atoms with Crippen molar-refractivity contribution in [3.63, 3.8) is 0 Å². The highest BCUT2D eigenvalue weighted by molar-refractivity contribution is 7.99. The van der Waals surface area contributed by atoms with E-state index in [0.29, 0.717) is 24.3 Å². The minimum Gasteiger partial charge on any atom is -0.550 e. The Labute approximate surface area is 272 Å². The summed E-state index contributed by atoms with van der Waals surface area (Å²) in [6.45, 7) is 4.53. The first-order chi connectivity index (χ1) is 21.0. The standard InChI is InChI=1S/C38H74O4S/c1-3-5-7-9-11-13-15-17-19-21-23-25-27-29-32-38(37(41)42,35-43-34-31-36(39)40)33-30-28-26-24-22-20-18-16-14-12-10-8-6-4-2/h3-35H2,1-2H3,(H,39,40)(H,41,42)/p-2. The number of hydrogen-bond acceptors (Lipinski definition) is 5. The summed E-state index contributed by atoms with van der Waals surface area (Å²) >= 11 is 1.45. The zero-order valence-electron chi connectivity index (χ0n) is 28.9. The maximum absolute atomic E-state index is 12.4. The third-order valence-corrected chi connectivity index (χ3v) is 10.5. The van der Waals surface area contributed by atoms with Crippen molar-refractivity contribution in [3.8, 4) is 0 Å². The SMILES string of the molecule is CCCCCCCCCCCCCCCCC(CCCCCCCCCCCCCCCC)(CSCCC(=O)[O-])C(=O)[O-]. The Morgan fingerprint density at radius 3 is 1.00 bits per heavy atom. The monoisotopic (exact) mass is 625 g/mol. The number of rotatable bonds is 36. The molecule has 0 spiro atoms. The second kappa shape index (κ2) is 32.7. The second-order valence-electron chi connectivity index (χ2n) is 13.4. The molecule has 5 heteroatoms. The zero-order chi connectivity index (χ0) is 31.7. The van der Waals surface area contributed by atoms with E-state index in [1.807, 2.05) is 0 Å². The first-order valence-electron chi connectivity index (χ1n) is 19.0. The van der Waals surface area contributed by atoms with Gasteiger partial charge in [-0.1, -0.05) is 194 Å². The zero-order valence-corrected chi connectivity index (χ0v) is 29.7. The molecule has 0 saturated carbocycles. The van der Waals surface area contributed by atoms with Gasteiger partial charge in [0.05, 0.1) is 0 Å². The first-order valence-corrected chi connectivity index (χ1v) is 20.1. The molecule has 0 heterocycles. The number of aliphatic carboxylic acids is 2. The molecule has 0 saturated heterocycles. The lowest BCUT2D eigenvalue weighted by Gasteiger charge is -2.35. The van der Waals surface area contributed by atoms with Gasteiger partial charge in [-0.05, 0) is 25.0 Å². The minimum absolute atomic E-state index is 0.0223. The maximum atomic E-state index is 12.4. The van der Waals surface area contributed by atoms with Crippen LogP contribution in [0.4, 0.5) is 0 Å². The van der Waals surface area contributed by atoms with Crippen molar-refractivity contribution in [1.82, 2.24) is 0 Å². The van der Waals surface area contributed by atoms with Gasteiger partial charge in [0, 0.05) is 23.1 Å². The van der Waals surface area contributed by atoms with Gasteiger partial charge in [-0.25, -0.2) is 0 Å². The van der Waals surface area contributed by atoms with Gasteiger partial charge in [-0.3, -0.25) is 0 Å². The molecule has 0 rings (SSSR count). The number of thioether (sulfide) groups is 1. The van der Waals surface area contributed by atoms with E-state index in [4.69, 9.17) is 0 Å². The van der Waals surface area contributed by atoms with E-state index in [1.165, 1.54) is 166 Å². The second-order valence-corrected chi connectivity index (χ2v) is 14.5. The molecule has 0 radical (unpaired) electrons. The Hall–Kier alpha value is -0.710. The minimum atomic E-state index is -1.06. The van der Waals surface area contributed by atoms with Crippen LogP contribution in [0.5, 0.6) is 0 Å². The summed E-state index contributed by atoms with van der Waals surface area (Å²) in [4.78, 5) is 23.3. The molecule has 4 nitrogen and oxygen atoms in total. The Balaban J connectivity index is 4.16. The van der Waals surface area contributed by atoms with Gasteiger partial charge in [-0.2, -0.15) is 11.8 Å². The van der Waals surface area contributed by atoms with Crippen LogP contribution in [0.2, 0.25) is 0 Å². The fraction of sp³-hybridized carbons (Fsp3) is 0.947. The fourth-order valence-corrected chi connectivity index (χ4v) is 7.52.